The molecule has 2 amide bonds. The number of carbonyl (C=O) groups excluding carboxylic acids is 2. The molecule has 7 nitrogen and oxygen atoms in total. The molecule has 1 aromatic carbocycles. The maximum Gasteiger partial charge on any atom is 0.274 e. The number of benzene rings is 1. The Bertz CT molecular complexity index is 850. The van der Waals surface area contributed by atoms with Crippen LogP contribution >= 0.6 is 0 Å². The molecule has 0 spiro atoms. The Morgan fingerprint density at radius 2 is 1.81 bits per heavy atom. The Kier molecular flexibility index (Phi) is 8.38. The lowest BCUT2D eigenvalue weighted by molar-refractivity contribution is -0.131. The van der Waals surface area contributed by atoms with E-state index in [1.54, 1.807) is 11.1 Å². The molecule has 1 aliphatic rings. The Hall–Kier alpha value is -2.96. The lowest BCUT2D eigenvalue weighted by Crippen LogP contribution is -2.49. The predicted molar refractivity (Wildman–Crippen MR) is 122 cm³/mol. The van der Waals surface area contributed by atoms with Gasteiger partial charge in [0, 0.05) is 63.8 Å². The smallest absolute Gasteiger partial charge is 0.274 e. The van der Waals surface area contributed by atoms with E-state index in [1.807, 2.05) is 11.0 Å². The van der Waals surface area contributed by atoms with Crippen LogP contribution in [-0.4, -0.2) is 70.9 Å². The summed E-state index contributed by atoms with van der Waals surface area (Å²) in [4.78, 5) is 39.8. The van der Waals surface area contributed by atoms with Crippen LogP contribution in [0.3, 0.4) is 0 Å². The van der Waals surface area contributed by atoms with Crippen molar-refractivity contribution in [3.63, 3.8) is 0 Å². The number of anilines is 1. The monoisotopic (exact) mass is 423 g/mol. The van der Waals surface area contributed by atoms with E-state index < -0.39 is 0 Å². The topological polar surface area (TPSA) is 69.6 Å². The number of hydrogen-bond acceptors (Lipinski definition) is 5. The summed E-state index contributed by atoms with van der Waals surface area (Å²) in [6.45, 7) is 8.38. The van der Waals surface area contributed by atoms with Crippen LogP contribution in [0.4, 0.5) is 5.69 Å². The first-order valence-corrected chi connectivity index (χ1v) is 11.2. The summed E-state index contributed by atoms with van der Waals surface area (Å²) in [6.07, 6.45) is 7.96. The molecule has 0 N–H and O–H groups in total. The summed E-state index contributed by atoms with van der Waals surface area (Å²) in [6, 6.07) is 8.36. The van der Waals surface area contributed by atoms with Crippen LogP contribution in [0.5, 0.6) is 0 Å². The SMILES string of the molecule is CCCCCN(CCC(=O)N1CCN(c2ccccc2C)CC1)C(=O)c1cnccn1. The van der Waals surface area contributed by atoms with Crippen molar-refractivity contribution >= 4 is 17.5 Å². The molecule has 0 radical (unpaired) electrons. The highest BCUT2D eigenvalue weighted by Crippen LogP contribution is 2.21. The second-order valence-electron chi connectivity index (χ2n) is 7.99. The fraction of sp³-hybridized carbons (Fsp3) is 0.500. The van der Waals surface area contributed by atoms with E-state index in [4.69, 9.17) is 0 Å². The zero-order valence-electron chi connectivity index (χ0n) is 18.7. The number of unbranched alkanes of at least 4 members (excludes halogenated alkanes) is 2. The molecule has 0 unspecified atom stereocenters. The van der Waals surface area contributed by atoms with Gasteiger partial charge in [-0.15, -0.1) is 0 Å². The summed E-state index contributed by atoms with van der Waals surface area (Å²) in [5.41, 5.74) is 2.83. The highest BCUT2D eigenvalue weighted by molar-refractivity contribution is 5.92. The van der Waals surface area contributed by atoms with E-state index in [-0.39, 0.29) is 11.8 Å². The molecule has 1 aromatic heterocycles. The first-order chi connectivity index (χ1) is 15.1. The quantitative estimate of drug-likeness (QED) is 0.580. The molecule has 31 heavy (non-hydrogen) atoms. The number of para-hydroxylation sites is 1. The minimum Gasteiger partial charge on any atom is -0.368 e. The Balaban J connectivity index is 1.53. The van der Waals surface area contributed by atoms with Crippen molar-refractivity contribution in [1.29, 1.82) is 0 Å². The molecular formula is C24H33N5O2. The molecule has 2 aromatic rings. The van der Waals surface area contributed by atoms with Gasteiger partial charge in [0.05, 0.1) is 6.20 Å². The second-order valence-corrected chi connectivity index (χ2v) is 7.99. The van der Waals surface area contributed by atoms with Gasteiger partial charge in [-0.25, -0.2) is 4.98 Å². The first-order valence-electron chi connectivity index (χ1n) is 11.2. The average Bonchev–Trinajstić information content (AvgIpc) is 2.81. The number of rotatable bonds is 9. The molecule has 3 rings (SSSR count). The molecule has 0 bridgehead atoms. The van der Waals surface area contributed by atoms with Gasteiger partial charge in [-0.1, -0.05) is 38.0 Å². The van der Waals surface area contributed by atoms with Crippen molar-refractivity contribution in [1.82, 2.24) is 19.8 Å². The van der Waals surface area contributed by atoms with Gasteiger partial charge in [-0.05, 0) is 25.0 Å². The fourth-order valence-corrected chi connectivity index (χ4v) is 3.94. The molecule has 7 heteroatoms. The van der Waals surface area contributed by atoms with E-state index in [0.717, 1.165) is 32.4 Å². The number of amides is 2. The van der Waals surface area contributed by atoms with Gasteiger partial charge in [0.1, 0.15) is 5.69 Å². The van der Waals surface area contributed by atoms with E-state index in [9.17, 15) is 9.59 Å². The first kappa shape index (κ1) is 22.7. The third-order valence-electron chi connectivity index (χ3n) is 5.79. The van der Waals surface area contributed by atoms with Crippen LogP contribution in [0.25, 0.3) is 0 Å². The lowest BCUT2D eigenvalue weighted by atomic mass is 10.1. The predicted octanol–water partition coefficient (Wildman–Crippen LogP) is 3.16. The van der Waals surface area contributed by atoms with E-state index in [2.05, 4.69) is 46.9 Å². The minimum absolute atomic E-state index is 0.108. The Labute approximate surface area is 185 Å². The maximum absolute atomic E-state index is 12.9. The van der Waals surface area contributed by atoms with Crippen molar-refractivity contribution in [2.24, 2.45) is 0 Å². The van der Waals surface area contributed by atoms with Crippen LogP contribution in [0, 0.1) is 6.92 Å². The highest BCUT2D eigenvalue weighted by Gasteiger charge is 2.24. The third-order valence-corrected chi connectivity index (χ3v) is 5.79. The minimum atomic E-state index is -0.152. The molecule has 1 fully saturated rings. The van der Waals surface area contributed by atoms with E-state index >= 15 is 0 Å². The zero-order valence-corrected chi connectivity index (χ0v) is 18.7. The number of hydrogen-bond donors (Lipinski definition) is 0. The summed E-state index contributed by atoms with van der Waals surface area (Å²) in [5.74, 6) is -0.0433. The molecule has 0 saturated carbocycles. The number of aromatic nitrogens is 2. The van der Waals surface area contributed by atoms with E-state index in [0.29, 0.717) is 38.3 Å². The number of piperazine rings is 1. The second kappa shape index (κ2) is 11.4. The number of nitrogens with zero attached hydrogens (tertiary/aromatic N) is 5. The van der Waals surface area contributed by atoms with Crippen LogP contribution in [0.15, 0.2) is 42.9 Å². The summed E-state index contributed by atoms with van der Waals surface area (Å²) < 4.78 is 0. The van der Waals surface area contributed by atoms with Gasteiger partial charge in [-0.3, -0.25) is 14.6 Å². The standard InChI is InChI=1S/C24H33N5O2/c1-3-4-7-13-29(24(31)21-19-25-11-12-26-21)14-10-23(30)28-17-15-27(16-18-28)22-9-6-5-8-20(22)2/h5-6,8-9,11-12,19H,3-4,7,10,13-18H2,1-2H3. The Morgan fingerprint density at radius 1 is 1.03 bits per heavy atom. The molecule has 0 aliphatic carbocycles. The van der Waals surface area contributed by atoms with Crippen molar-refractivity contribution in [3.8, 4) is 0 Å². The van der Waals surface area contributed by atoms with Gasteiger partial charge in [0.25, 0.3) is 5.91 Å². The van der Waals surface area contributed by atoms with Crippen LogP contribution in [-0.2, 0) is 4.79 Å². The molecule has 166 valence electrons. The van der Waals surface area contributed by atoms with Crippen molar-refractivity contribution < 1.29 is 9.59 Å². The molecule has 1 aliphatic heterocycles. The van der Waals surface area contributed by atoms with Gasteiger partial charge < -0.3 is 14.7 Å². The largest absolute Gasteiger partial charge is 0.368 e. The average molecular weight is 424 g/mol. The highest BCUT2D eigenvalue weighted by atomic mass is 16.2. The normalized spacial score (nSPS) is 13.9. The third kappa shape index (κ3) is 6.26. The summed E-state index contributed by atoms with van der Waals surface area (Å²) in [5, 5.41) is 0. The molecular weight excluding hydrogens is 390 g/mol. The van der Waals surface area contributed by atoms with Crippen LogP contribution in [0.2, 0.25) is 0 Å². The van der Waals surface area contributed by atoms with Crippen LogP contribution < -0.4 is 4.90 Å². The zero-order chi connectivity index (χ0) is 22.1. The van der Waals surface area contributed by atoms with Gasteiger partial charge in [0.2, 0.25) is 5.91 Å². The summed E-state index contributed by atoms with van der Waals surface area (Å²) >= 11 is 0. The number of carbonyl (C=O) groups is 2. The maximum atomic E-state index is 12.9. The van der Waals surface area contributed by atoms with Crippen molar-refractivity contribution in [2.75, 3.05) is 44.2 Å². The molecule has 2 heterocycles. The van der Waals surface area contributed by atoms with Gasteiger partial charge in [-0.2, -0.15) is 0 Å². The molecule has 0 atom stereocenters. The van der Waals surface area contributed by atoms with Gasteiger partial charge in [0.15, 0.2) is 0 Å². The van der Waals surface area contributed by atoms with Crippen LogP contribution in [0.1, 0.15) is 48.7 Å². The lowest BCUT2D eigenvalue weighted by Gasteiger charge is -2.37. The van der Waals surface area contributed by atoms with E-state index in [1.165, 1.54) is 23.6 Å². The molecule has 1 saturated heterocycles. The fourth-order valence-electron chi connectivity index (χ4n) is 3.94. The Morgan fingerprint density at radius 3 is 2.48 bits per heavy atom. The van der Waals surface area contributed by atoms with Crippen molar-refractivity contribution in [2.45, 2.75) is 39.5 Å². The van der Waals surface area contributed by atoms with Gasteiger partial charge >= 0.3 is 0 Å². The number of aryl methyl sites for hydroxylation is 1. The van der Waals surface area contributed by atoms with Crippen molar-refractivity contribution in [3.05, 3.63) is 54.1 Å². The summed E-state index contributed by atoms with van der Waals surface area (Å²) in [7, 11) is 0.